The van der Waals surface area contributed by atoms with Crippen LogP contribution in [-0.2, 0) is 4.74 Å². The molecule has 9 heavy (non-hydrogen) atoms. The molecule has 0 aromatic rings. The first kappa shape index (κ1) is 8.28. The quantitative estimate of drug-likeness (QED) is 0.528. The van der Waals surface area contributed by atoms with Gasteiger partial charge in [0.25, 0.3) is 0 Å². The topological polar surface area (TPSA) is 9.23 Å². The molecule has 0 saturated carbocycles. The highest BCUT2D eigenvalue weighted by Crippen LogP contribution is 2.02. The Balaban J connectivity index is 3.68. The van der Waals surface area contributed by atoms with Crippen LogP contribution >= 0.6 is 0 Å². The first-order valence-electron chi connectivity index (χ1n) is 3.12. The number of hydrogen-bond donors (Lipinski definition) is 0. The lowest BCUT2D eigenvalue weighted by atomic mass is 10.2. The lowest BCUT2D eigenvalue weighted by Gasteiger charge is -1.99. The third-order valence-electron chi connectivity index (χ3n) is 0.837. The highest BCUT2D eigenvalue weighted by molar-refractivity contribution is 4.91. The van der Waals surface area contributed by atoms with Crippen LogP contribution in [0.5, 0.6) is 0 Å². The van der Waals surface area contributed by atoms with Crippen LogP contribution in [0, 0.1) is 5.92 Å². The minimum absolute atomic E-state index is 0.546. The van der Waals surface area contributed by atoms with E-state index in [0.29, 0.717) is 5.92 Å². The molecule has 0 amide bonds. The number of ether oxygens (including phenoxy) is 1. The summed E-state index contributed by atoms with van der Waals surface area (Å²) in [5.74, 6) is 1.46. The van der Waals surface area contributed by atoms with Gasteiger partial charge in [0, 0.05) is 0 Å². The van der Waals surface area contributed by atoms with E-state index in [2.05, 4.69) is 20.4 Å². The lowest BCUT2D eigenvalue weighted by Crippen LogP contribution is -1.83. The summed E-state index contributed by atoms with van der Waals surface area (Å²) in [6.45, 7) is 9.58. The Kier molecular flexibility index (Phi) is 3.85. The van der Waals surface area contributed by atoms with Gasteiger partial charge in [0.05, 0.1) is 12.0 Å². The van der Waals surface area contributed by atoms with Crippen molar-refractivity contribution < 1.29 is 4.74 Å². The van der Waals surface area contributed by atoms with E-state index < -0.39 is 0 Å². The summed E-state index contributed by atoms with van der Waals surface area (Å²) in [5, 5.41) is 0. The van der Waals surface area contributed by atoms with Crippen molar-refractivity contribution in [3.8, 4) is 0 Å². The summed E-state index contributed by atoms with van der Waals surface area (Å²) in [6.07, 6.45) is 3.48. The molecule has 1 heteroatoms. The maximum Gasteiger partial charge on any atom is 0.0963 e. The van der Waals surface area contributed by atoms with E-state index >= 15 is 0 Å². The maximum atomic E-state index is 4.98. The van der Waals surface area contributed by atoms with Gasteiger partial charge in [-0.25, -0.2) is 0 Å². The molecule has 0 heterocycles. The summed E-state index contributed by atoms with van der Waals surface area (Å²) in [4.78, 5) is 0. The molecule has 52 valence electrons. The summed E-state index contributed by atoms with van der Waals surface area (Å²) in [7, 11) is 0. The van der Waals surface area contributed by atoms with Crippen LogP contribution in [0.4, 0.5) is 0 Å². The second kappa shape index (κ2) is 4.19. The molecule has 0 radical (unpaired) electrons. The van der Waals surface area contributed by atoms with Gasteiger partial charge in [-0.1, -0.05) is 20.4 Å². The Bertz CT molecular complexity index is 112. The molecule has 0 N–H and O–H groups in total. The van der Waals surface area contributed by atoms with Crippen LogP contribution in [0.15, 0.2) is 24.7 Å². The molecule has 1 nitrogen and oxygen atoms in total. The standard InChI is InChI=1S/C8H14O/c1-5-9-8(4)6-7(2)3/h5-7H,1H2,2-4H3/b8-6+. The van der Waals surface area contributed by atoms with Gasteiger partial charge in [-0.05, 0) is 18.9 Å². The van der Waals surface area contributed by atoms with Crippen molar-refractivity contribution in [2.45, 2.75) is 20.8 Å². The second-order valence-corrected chi connectivity index (χ2v) is 2.31. The van der Waals surface area contributed by atoms with Gasteiger partial charge in [-0.2, -0.15) is 0 Å². The highest BCUT2D eigenvalue weighted by atomic mass is 16.5. The molecule has 0 aliphatic rings. The number of allylic oxidation sites excluding steroid dienone is 2. The summed E-state index contributed by atoms with van der Waals surface area (Å²) < 4.78 is 4.98. The van der Waals surface area contributed by atoms with Crippen molar-refractivity contribution in [2.24, 2.45) is 5.92 Å². The van der Waals surface area contributed by atoms with Crippen molar-refractivity contribution in [2.75, 3.05) is 0 Å². The Labute approximate surface area is 57.0 Å². The van der Waals surface area contributed by atoms with Gasteiger partial charge in [0.1, 0.15) is 0 Å². The van der Waals surface area contributed by atoms with Crippen molar-refractivity contribution in [1.29, 1.82) is 0 Å². The molecule has 0 saturated heterocycles. The van der Waals surface area contributed by atoms with Gasteiger partial charge in [-0.15, -0.1) is 0 Å². The van der Waals surface area contributed by atoms with Crippen molar-refractivity contribution in [3.63, 3.8) is 0 Å². The van der Waals surface area contributed by atoms with E-state index in [1.54, 1.807) is 0 Å². The van der Waals surface area contributed by atoms with Gasteiger partial charge in [0.2, 0.25) is 0 Å². The zero-order valence-electron chi connectivity index (χ0n) is 6.35. The molecular weight excluding hydrogens is 112 g/mol. The van der Waals surface area contributed by atoms with Gasteiger partial charge in [-0.3, -0.25) is 0 Å². The Morgan fingerprint density at radius 2 is 2.11 bits per heavy atom. The van der Waals surface area contributed by atoms with Crippen LogP contribution < -0.4 is 0 Å². The average Bonchev–Trinajstić information content (AvgIpc) is 1.63. The normalized spacial score (nSPS) is 11.8. The largest absolute Gasteiger partial charge is 0.471 e. The second-order valence-electron chi connectivity index (χ2n) is 2.31. The van der Waals surface area contributed by atoms with E-state index in [9.17, 15) is 0 Å². The molecule has 0 unspecified atom stereocenters. The maximum absolute atomic E-state index is 4.98. The first-order chi connectivity index (χ1) is 4.16. The molecule has 0 aliphatic carbocycles. The van der Waals surface area contributed by atoms with Crippen LogP contribution in [0.2, 0.25) is 0 Å². The molecule has 0 aromatic heterocycles. The number of hydrogen-bond acceptors (Lipinski definition) is 1. The van der Waals surface area contributed by atoms with E-state index in [1.807, 2.05) is 13.0 Å². The van der Waals surface area contributed by atoms with Crippen LogP contribution in [-0.4, -0.2) is 0 Å². The summed E-state index contributed by atoms with van der Waals surface area (Å²) in [5.41, 5.74) is 0. The first-order valence-corrected chi connectivity index (χ1v) is 3.12. The van der Waals surface area contributed by atoms with E-state index in [1.165, 1.54) is 6.26 Å². The van der Waals surface area contributed by atoms with Gasteiger partial charge >= 0.3 is 0 Å². The van der Waals surface area contributed by atoms with Crippen molar-refractivity contribution in [1.82, 2.24) is 0 Å². The molecule has 0 bridgehead atoms. The fourth-order valence-corrected chi connectivity index (χ4v) is 0.640. The fraction of sp³-hybridized carbons (Fsp3) is 0.500. The van der Waals surface area contributed by atoms with Crippen LogP contribution in [0.3, 0.4) is 0 Å². The summed E-state index contributed by atoms with van der Waals surface area (Å²) in [6, 6.07) is 0. The lowest BCUT2D eigenvalue weighted by molar-refractivity contribution is 0.350. The van der Waals surface area contributed by atoms with Gasteiger partial charge in [0.15, 0.2) is 0 Å². The minimum Gasteiger partial charge on any atom is -0.471 e. The third-order valence-corrected chi connectivity index (χ3v) is 0.837. The fourth-order valence-electron chi connectivity index (χ4n) is 0.640. The molecule has 0 spiro atoms. The zero-order chi connectivity index (χ0) is 7.28. The van der Waals surface area contributed by atoms with Crippen molar-refractivity contribution >= 4 is 0 Å². The Morgan fingerprint density at radius 1 is 1.56 bits per heavy atom. The average molecular weight is 126 g/mol. The summed E-state index contributed by atoms with van der Waals surface area (Å²) >= 11 is 0. The van der Waals surface area contributed by atoms with Gasteiger partial charge < -0.3 is 4.74 Å². The van der Waals surface area contributed by atoms with Crippen LogP contribution in [0.25, 0.3) is 0 Å². The monoisotopic (exact) mass is 126 g/mol. The zero-order valence-corrected chi connectivity index (χ0v) is 6.35. The van der Waals surface area contributed by atoms with Crippen molar-refractivity contribution in [3.05, 3.63) is 24.7 Å². The third kappa shape index (κ3) is 5.15. The SMILES string of the molecule is C=CO/C(C)=C/C(C)C. The minimum atomic E-state index is 0.546. The molecule has 0 atom stereocenters. The Hall–Kier alpha value is -0.720. The molecule has 0 rings (SSSR count). The Morgan fingerprint density at radius 3 is 2.44 bits per heavy atom. The molecule has 0 aromatic carbocycles. The van der Waals surface area contributed by atoms with E-state index in [-0.39, 0.29) is 0 Å². The highest BCUT2D eigenvalue weighted by Gasteiger charge is 1.88. The predicted molar refractivity (Wildman–Crippen MR) is 39.9 cm³/mol. The van der Waals surface area contributed by atoms with E-state index in [0.717, 1.165) is 5.76 Å². The molecular formula is C8H14O. The molecule has 0 fully saturated rings. The van der Waals surface area contributed by atoms with E-state index in [4.69, 9.17) is 4.74 Å². The predicted octanol–water partition coefficient (Wildman–Crippen LogP) is 2.71. The molecule has 0 aliphatic heterocycles. The number of rotatable bonds is 3. The van der Waals surface area contributed by atoms with Crippen LogP contribution in [0.1, 0.15) is 20.8 Å². The smallest absolute Gasteiger partial charge is 0.0963 e.